The molecule has 0 spiro atoms. The fourth-order valence-corrected chi connectivity index (χ4v) is 3.15. The molecule has 0 radical (unpaired) electrons. The summed E-state index contributed by atoms with van der Waals surface area (Å²) < 4.78 is 37.7. The predicted molar refractivity (Wildman–Crippen MR) is 88.2 cm³/mol. The topological polar surface area (TPSA) is 49.4 Å². The highest BCUT2D eigenvalue weighted by molar-refractivity contribution is 6.31. The van der Waals surface area contributed by atoms with Crippen LogP contribution in [0.1, 0.15) is 31.2 Å². The molecule has 138 valence electrons. The van der Waals surface area contributed by atoms with Gasteiger partial charge in [0.05, 0.1) is 0 Å². The third-order valence-electron chi connectivity index (χ3n) is 4.19. The summed E-state index contributed by atoms with van der Waals surface area (Å²) in [6.45, 7) is 0.316. The number of carbonyl (C=O) groups is 2. The largest absolute Gasteiger partial charge is 0.471 e. The molecule has 2 amide bonds. The maximum absolute atomic E-state index is 12.6. The van der Waals surface area contributed by atoms with Crippen LogP contribution in [0.15, 0.2) is 24.3 Å². The maximum atomic E-state index is 12.6. The molecule has 1 heterocycles. The molecule has 1 N–H and O–H groups in total. The number of likely N-dealkylation sites (tertiary alicyclic amines) is 1. The Labute approximate surface area is 149 Å². The normalized spacial score (nSPS) is 17.6. The number of rotatable bonds is 6. The molecule has 1 fully saturated rings. The molecule has 4 nitrogen and oxygen atoms in total. The van der Waals surface area contributed by atoms with Crippen molar-refractivity contribution in [2.75, 3.05) is 13.1 Å². The van der Waals surface area contributed by atoms with E-state index in [-0.39, 0.29) is 13.0 Å². The van der Waals surface area contributed by atoms with Crippen molar-refractivity contribution in [1.29, 1.82) is 0 Å². The van der Waals surface area contributed by atoms with E-state index in [2.05, 4.69) is 5.32 Å². The Bertz CT molecular complexity index is 622. The summed E-state index contributed by atoms with van der Waals surface area (Å²) >= 11 is 6.06. The Kier molecular flexibility index (Phi) is 6.70. The fourth-order valence-electron chi connectivity index (χ4n) is 2.92. The summed E-state index contributed by atoms with van der Waals surface area (Å²) in [7, 11) is 0. The van der Waals surface area contributed by atoms with Gasteiger partial charge >= 0.3 is 12.1 Å². The van der Waals surface area contributed by atoms with Crippen LogP contribution in [0.4, 0.5) is 13.2 Å². The van der Waals surface area contributed by atoms with Gasteiger partial charge in [0.25, 0.3) is 0 Å². The second-order valence-corrected chi connectivity index (χ2v) is 6.40. The minimum atomic E-state index is -4.95. The van der Waals surface area contributed by atoms with Gasteiger partial charge in [-0.15, -0.1) is 0 Å². The molecular formula is C17H20ClF3N2O2. The zero-order valence-electron chi connectivity index (χ0n) is 13.6. The Morgan fingerprint density at radius 2 is 1.96 bits per heavy atom. The Morgan fingerprint density at radius 3 is 2.64 bits per heavy atom. The number of amides is 2. The van der Waals surface area contributed by atoms with Crippen LogP contribution in [-0.4, -0.2) is 42.0 Å². The lowest BCUT2D eigenvalue weighted by Crippen LogP contribution is -2.50. The monoisotopic (exact) mass is 376 g/mol. The van der Waals surface area contributed by atoms with Crippen LogP contribution < -0.4 is 5.32 Å². The number of hydrogen-bond acceptors (Lipinski definition) is 2. The smallest absolute Gasteiger partial charge is 0.354 e. The van der Waals surface area contributed by atoms with Gasteiger partial charge in [0, 0.05) is 18.1 Å². The van der Waals surface area contributed by atoms with E-state index in [1.54, 1.807) is 0 Å². The van der Waals surface area contributed by atoms with E-state index in [0.717, 1.165) is 18.4 Å². The van der Waals surface area contributed by atoms with Gasteiger partial charge in [0.1, 0.15) is 6.04 Å². The molecule has 0 bridgehead atoms. The van der Waals surface area contributed by atoms with Crippen LogP contribution in [-0.2, 0) is 16.0 Å². The lowest BCUT2D eigenvalue weighted by molar-refractivity contribution is -0.186. The fraction of sp³-hybridized carbons (Fsp3) is 0.529. The van der Waals surface area contributed by atoms with Crippen molar-refractivity contribution in [3.63, 3.8) is 0 Å². The van der Waals surface area contributed by atoms with Crippen LogP contribution in [0.3, 0.4) is 0 Å². The molecule has 1 aliphatic rings. The van der Waals surface area contributed by atoms with Crippen molar-refractivity contribution in [3.8, 4) is 0 Å². The molecule has 0 saturated carbocycles. The first kappa shape index (κ1) is 19.6. The number of aryl methyl sites for hydroxylation is 1. The molecule has 1 aromatic carbocycles. The van der Waals surface area contributed by atoms with E-state index < -0.39 is 24.0 Å². The van der Waals surface area contributed by atoms with Gasteiger partial charge in [-0.05, 0) is 43.7 Å². The Balaban J connectivity index is 1.74. The highest BCUT2D eigenvalue weighted by Gasteiger charge is 2.47. The molecule has 1 aromatic rings. The Morgan fingerprint density at radius 1 is 1.24 bits per heavy atom. The molecular weight excluding hydrogens is 357 g/mol. The van der Waals surface area contributed by atoms with Gasteiger partial charge < -0.3 is 10.2 Å². The van der Waals surface area contributed by atoms with E-state index in [9.17, 15) is 22.8 Å². The van der Waals surface area contributed by atoms with Crippen LogP contribution in [0.5, 0.6) is 0 Å². The van der Waals surface area contributed by atoms with E-state index in [0.29, 0.717) is 29.3 Å². The van der Waals surface area contributed by atoms with Gasteiger partial charge in [-0.25, -0.2) is 0 Å². The molecule has 2 rings (SSSR count). The van der Waals surface area contributed by atoms with Crippen LogP contribution >= 0.6 is 11.6 Å². The first-order valence-electron chi connectivity index (χ1n) is 8.19. The average molecular weight is 377 g/mol. The van der Waals surface area contributed by atoms with Gasteiger partial charge in [0.15, 0.2) is 0 Å². The van der Waals surface area contributed by atoms with Crippen LogP contribution in [0.2, 0.25) is 5.02 Å². The molecule has 1 unspecified atom stereocenters. The van der Waals surface area contributed by atoms with Crippen molar-refractivity contribution < 1.29 is 22.8 Å². The number of hydrogen-bond donors (Lipinski definition) is 1. The minimum Gasteiger partial charge on any atom is -0.354 e. The number of nitrogens with one attached hydrogen (secondary N) is 1. The zero-order chi connectivity index (χ0) is 18.4. The third-order valence-corrected chi connectivity index (χ3v) is 4.56. The lowest BCUT2D eigenvalue weighted by atomic mass is 10.1. The third kappa shape index (κ3) is 5.36. The Hall–Kier alpha value is -1.76. The standard InChI is InChI=1S/C17H20ClF3N2O2/c18-13-8-2-1-6-12(13)7-3-4-10-22-15(24)14-9-5-11-23(14)16(25)17(19,20)21/h1-2,6,8,14H,3-5,7,9-11H2,(H,22,24). The van der Waals surface area contributed by atoms with E-state index in [4.69, 9.17) is 11.6 Å². The first-order chi connectivity index (χ1) is 11.8. The predicted octanol–water partition coefficient (Wildman–Crippen LogP) is 3.33. The van der Waals surface area contributed by atoms with E-state index >= 15 is 0 Å². The summed E-state index contributed by atoms with van der Waals surface area (Å²) in [4.78, 5) is 24.1. The van der Waals surface area contributed by atoms with Crippen LogP contribution in [0, 0.1) is 0 Å². The second-order valence-electron chi connectivity index (χ2n) is 5.99. The summed E-state index contributed by atoms with van der Waals surface area (Å²) in [6.07, 6.45) is -2.06. The highest BCUT2D eigenvalue weighted by atomic mass is 35.5. The molecule has 0 aromatic heterocycles. The number of carbonyl (C=O) groups excluding carboxylic acids is 2. The van der Waals surface area contributed by atoms with Crippen molar-refractivity contribution in [3.05, 3.63) is 34.9 Å². The molecule has 1 aliphatic heterocycles. The maximum Gasteiger partial charge on any atom is 0.471 e. The molecule has 0 aliphatic carbocycles. The molecule has 1 atom stereocenters. The quantitative estimate of drug-likeness (QED) is 0.774. The summed E-state index contributed by atoms with van der Waals surface area (Å²) in [5.74, 6) is -2.46. The first-order valence-corrected chi connectivity index (χ1v) is 8.57. The number of unbranched alkanes of at least 4 members (excludes halogenated alkanes) is 1. The number of alkyl halides is 3. The zero-order valence-corrected chi connectivity index (χ0v) is 14.4. The van der Waals surface area contributed by atoms with E-state index in [1.807, 2.05) is 24.3 Å². The van der Waals surface area contributed by atoms with Crippen molar-refractivity contribution in [2.24, 2.45) is 0 Å². The van der Waals surface area contributed by atoms with Gasteiger partial charge in [0.2, 0.25) is 5.91 Å². The lowest BCUT2D eigenvalue weighted by Gasteiger charge is -2.24. The average Bonchev–Trinajstić information content (AvgIpc) is 3.04. The summed E-state index contributed by atoms with van der Waals surface area (Å²) in [6, 6.07) is 6.46. The second kappa shape index (κ2) is 8.56. The van der Waals surface area contributed by atoms with Crippen molar-refractivity contribution in [2.45, 2.75) is 44.3 Å². The van der Waals surface area contributed by atoms with Crippen molar-refractivity contribution in [1.82, 2.24) is 10.2 Å². The van der Waals surface area contributed by atoms with Crippen molar-refractivity contribution >= 4 is 23.4 Å². The summed E-state index contributed by atoms with van der Waals surface area (Å²) in [5.41, 5.74) is 1.02. The highest BCUT2D eigenvalue weighted by Crippen LogP contribution is 2.25. The van der Waals surface area contributed by atoms with E-state index in [1.165, 1.54) is 0 Å². The van der Waals surface area contributed by atoms with Gasteiger partial charge in [-0.2, -0.15) is 13.2 Å². The van der Waals surface area contributed by atoms with Gasteiger partial charge in [-0.3, -0.25) is 9.59 Å². The SMILES string of the molecule is O=C(NCCCCc1ccccc1Cl)C1CCCN1C(=O)C(F)(F)F. The summed E-state index contributed by atoms with van der Waals surface area (Å²) in [5, 5.41) is 3.32. The molecule has 1 saturated heterocycles. The van der Waals surface area contributed by atoms with Gasteiger partial charge in [-0.1, -0.05) is 29.8 Å². The number of nitrogens with zero attached hydrogens (tertiary/aromatic N) is 1. The molecule has 25 heavy (non-hydrogen) atoms. The number of halogens is 4. The van der Waals surface area contributed by atoms with Crippen LogP contribution in [0.25, 0.3) is 0 Å². The minimum absolute atomic E-state index is 0.0388. The number of benzene rings is 1. The molecule has 8 heteroatoms.